The van der Waals surface area contributed by atoms with Gasteiger partial charge in [-0.2, -0.15) is 17.0 Å². The molecule has 0 aromatic rings. The van der Waals surface area contributed by atoms with Crippen LogP contribution in [0.25, 0.3) is 0 Å². The largest absolute Gasteiger partial charge is 0.480 e. The lowest BCUT2D eigenvalue weighted by molar-refractivity contribution is -0.140. The second-order valence-electron chi connectivity index (χ2n) is 7.07. The van der Waals surface area contributed by atoms with Crippen LogP contribution in [0, 0.1) is 5.41 Å². The number of carbonyl (C=O) groups is 1. The third kappa shape index (κ3) is 2.90. The van der Waals surface area contributed by atoms with Crippen LogP contribution in [0.2, 0.25) is 0 Å². The first kappa shape index (κ1) is 16.2. The molecule has 0 aromatic carbocycles. The van der Waals surface area contributed by atoms with Gasteiger partial charge >= 0.3 is 5.97 Å². The molecule has 0 amide bonds. The van der Waals surface area contributed by atoms with E-state index >= 15 is 0 Å². The van der Waals surface area contributed by atoms with Crippen LogP contribution in [0.15, 0.2) is 0 Å². The zero-order chi connectivity index (χ0) is 15.8. The summed E-state index contributed by atoms with van der Waals surface area (Å²) in [6, 6.07) is -0.879. The lowest BCUT2D eigenvalue weighted by atomic mass is 9.68. The van der Waals surface area contributed by atoms with Gasteiger partial charge in [-0.05, 0) is 43.9 Å². The van der Waals surface area contributed by atoms with E-state index < -0.39 is 22.2 Å². The summed E-state index contributed by atoms with van der Waals surface area (Å²) >= 11 is 0. The van der Waals surface area contributed by atoms with Gasteiger partial charge in [0.05, 0.1) is 0 Å². The molecular formula is C15H26N2O4S. The van der Waals surface area contributed by atoms with Crippen molar-refractivity contribution in [1.29, 1.82) is 0 Å². The summed E-state index contributed by atoms with van der Waals surface area (Å²) in [5.41, 5.74) is 0.349. The van der Waals surface area contributed by atoms with E-state index in [1.807, 2.05) is 0 Å². The second-order valence-corrected chi connectivity index (χ2v) is 8.96. The summed E-state index contributed by atoms with van der Waals surface area (Å²) in [6.45, 7) is 1.43. The summed E-state index contributed by atoms with van der Waals surface area (Å²) in [4.78, 5) is 11.3. The maximum absolute atomic E-state index is 12.8. The number of nitrogens with zero attached hydrogens (tertiary/aromatic N) is 2. The monoisotopic (exact) mass is 330 g/mol. The molecule has 0 aromatic heterocycles. The van der Waals surface area contributed by atoms with E-state index in [2.05, 4.69) is 0 Å². The fourth-order valence-corrected chi connectivity index (χ4v) is 6.22. The molecule has 3 rings (SSSR count). The second kappa shape index (κ2) is 6.09. The molecule has 2 aliphatic heterocycles. The number of aliphatic carboxylic acids is 1. The van der Waals surface area contributed by atoms with Crippen LogP contribution in [0.5, 0.6) is 0 Å². The molecule has 126 valence electrons. The van der Waals surface area contributed by atoms with E-state index in [4.69, 9.17) is 0 Å². The number of hydrogen-bond donors (Lipinski definition) is 1. The maximum atomic E-state index is 12.8. The topological polar surface area (TPSA) is 77.9 Å². The molecule has 0 bridgehead atoms. The Balaban J connectivity index is 1.68. The molecule has 2 saturated heterocycles. The molecule has 3 fully saturated rings. The maximum Gasteiger partial charge on any atom is 0.322 e. The zero-order valence-electron chi connectivity index (χ0n) is 13.0. The van der Waals surface area contributed by atoms with Crippen LogP contribution in [0.1, 0.15) is 57.8 Å². The Labute approximate surface area is 132 Å². The highest BCUT2D eigenvalue weighted by Gasteiger charge is 2.44. The molecular weight excluding hydrogens is 304 g/mol. The first-order chi connectivity index (χ1) is 10.4. The van der Waals surface area contributed by atoms with Gasteiger partial charge < -0.3 is 5.11 Å². The molecule has 6 nitrogen and oxygen atoms in total. The van der Waals surface area contributed by atoms with Crippen LogP contribution in [-0.2, 0) is 15.0 Å². The van der Waals surface area contributed by atoms with Crippen molar-refractivity contribution < 1.29 is 18.3 Å². The first-order valence-corrected chi connectivity index (χ1v) is 9.84. The minimum absolute atomic E-state index is 0.334. The predicted molar refractivity (Wildman–Crippen MR) is 82.6 cm³/mol. The van der Waals surface area contributed by atoms with Crippen molar-refractivity contribution in [3.63, 3.8) is 0 Å². The Morgan fingerprint density at radius 2 is 1.59 bits per heavy atom. The predicted octanol–water partition coefficient (Wildman–Crippen LogP) is 1.83. The van der Waals surface area contributed by atoms with Crippen molar-refractivity contribution in [3.8, 4) is 0 Å². The van der Waals surface area contributed by atoms with Crippen LogP contribution in [-0.4, -0.2) is 53.8 Å². The highest BCUT2D eigenvalue weighted by atomic mass is 32.2. The Morgan fingerprint density at radius 1 is 0.955 bits per heavy atom. The van der Waals surface area contributed by atoms with Crippen LogP contribution < -0.4 is 0 Å². The van der Waals surface area contributed by atoms with Gasteiger partial charge in [-0.3, -0.25) is 4.79 Å². The van der Waals surface area contributed by atoms with Crippen molar-refractivity contribution in [1.82, 2.24) is 8.61 Å². The van der Waals surface area contributed by atoms with Crippen LogP contribution in [0.4, 0.5) is 0 Å². The SMILES string of the molecule is O=C(O)C1CCCN1S(=O)(=O)N1CCC2(CCCCC2)CC1. The molecule has 0 radical (unpaired) electrons. The molecule has 1 N–H and O–H groups in total. The van der Waals surface area contributed by atoms with Gasteiger partial charge in [0.15, 0.2) is 0 Å². The van der Waals surface area contributed by atoms with E-state index in [-0.39, 0.29) is 0 Å². The van der Waals surface area contributed by atoms with Crippen molar-refractivity contribution in [3.05, 3.63) is 0 Å². The van der Waals surface area contributed by atoms with E-state index in [0.717, 1.165) is 12.8 Å². The summed E-state index contributed by atoms with van der Waals surface area (Å²) in [5.74, 6) is -1.03. The van der Waals surface area contributed by atoms with Crippen LogP contribution >= 0.6 is 0 Å². The molecule has 1 spiro atoms. The highest BCUT2D eigenvalue weighted by molar-refractivity contribution is 7.86. The van der Waals surface area contributed by atoms with Gasteiger partial charge in [0.25, 0.3) is 10.2 Å². The molecule has 1 saturated carbocycles. The fraction of sp³-hybridized carbons (Fsp3) is 0.933. The third-order valence-corrected chi connectivity index (χ3v) is 7.86. The van der Waals surface area contributed by atoms with Crippen molar-refractivity contribution in [2.75, 3.05) is 19.6 Å². The van der Waals surface area contributed by atoms with Gasteiger partial charge in [0.2, 0.25) is 0 Å². The average molecular weight is 330 g/mol. The van der Waals surface area contributed by atoms with Gasteiger partial charge in [-0.1, -0.05) is 19.3 Å². The Hall–Kier alpha value is -0.660. The first-order valence-electron chi connectivity index (χ1n) is 8.44. The standard InChI is InChI=1S/C15H26N2O4S/c18-14(19)13-5-4-10-17(13)22(20,21)16-11-8-15(9-12-16)6-2-1-3-7-15/h13H,1-12H2,(H,18,19). The third-order valence-electron chi connectivity index (χ3n) is 5.81. The van der Waals surface area contributed by atoms with E-state index in [9.17, 15) is 18.3 Å². The number of rotatable bonds is 3. The normalized spacial score (nSPS) is 30.6. The molecule has 22 heavy (non-hydrogen) atoms. The average Bonchev–Trinajstić information content (AvgIpc) is 2.99. The van der Waals surface area contributed by atoms with E-state index in [1.54, 1.807) is 0 Å². The Kier molecular flexibility index (Phi) is 4.49. The molecule has 2 heterocycles. The van der Waals surface area contributed by atoms with Crippen molar-refractivity contribution in [2.24, 2.45) is 5.41 Å². The van der Waals surface area contributed by atoms with Crippen LogP contribution in [0.3, 0.4) is 0 Å². The lowest BCUT2D eigenvalue weighted by Crippen LogP contribution is -2.52. The summed E-state index contributed by atoms with van der Waals surface area (Å²) in [6.07, 6.45) is 9.19. The van der Waals surface area contributed by atoms with Gasteiger partial charge in [0.1, 0.15) is 6.04 Å². The van der Waals surface area contributed by atoms with Gasteiger partial charge in [-0.25, -0.2) is 0 Å². The van der Waals surface area contributed by atoms with Gasteiger partial charge in [0, 0.05) is 19.6 Å². The molecule has 1 aliphatic carbocycles. The summed E-state index contributed by atoms with van der Waals surface area (Å²) in [5, 5.41) is 9.22. The number of piperidine rings is 1. The summed E-state index contributed by atoms with van der Waals surface area (Å²) < 4.78 is 28.2. The number of hydrogen-bond acceptors (Lipinski definition) is 3. The molecule has 3 aliphatic rings. The minimum Gasteiger partial charge on any atom is -0.480 e. The minimum atomic E-state index is -3.63. The van der Waals surface area contributed by atoms with E-state index in [0.29, 0.717) is 37.9 Å². The van der Waals surface area contributed by atoms with E-state index in [1.165, 1.54) is 40.7 Å². The fourth-order valence-electron chi connectivity index (χ4n) is 4.40. The quantitative estimate of drug-likeness (QED) is 0.856. The molecule has 7 heteroatoms. The number of carboxylic acid groups (broad SMARTS) is 1. The smallest absolute Gasteiger partial charge is 0.322 e. The van der Waals surface area contributed by atoms with Crippen molar-refractivity contribution >= 4 is 16.2 Å². The summed E-state index contributed by atoms with van der Waals surface area (Å²) in [7, 11) is -3.63. The molecule has 1 unspecified atom stereocenters. The number of carboxylic acids is 1. The zero-order valence-corrected chi connectivity index (χ0v) is 13.9. The Bertz CT molecular complexity index is 518. The highest BCUT2D eigenvalue weighted by Crippen LogP contribution is 2.45. The van der Waals surface area contributed by atoms with Gasteiger partial charge in [-0.15, -0.1) is 0 Å². The lowest BCUT2D eigenvalue weighted by Gasteiger charge is -2.44. The molecule has 1 atom stereocenters. The Morgan fingerprint density at radius 3 is 2.18 bits per heavy atom. The van der Waals surface area contributed by atoms with Crippen molar-refractivity contribution in [2.45, 2.75) is 63.8 Å².